The summed E-state index contributed by atoms with van der Waals surface area (Å²) in [5, 5.41) is 9.23. The van der Waals surface area contributed by atoms with Gasteiger partial charge in [0.05, 0.1) is 29.8 Å². The number of nitrogens with zero attached hydrogens (tertiary/aromatic N) is 3. The quantitative estimate of drug-likeness (QED) is 0.829. The number of aryl methyl sites for hydroxylation is 2. The molecule has 0 saturated carbocycles. The number of aromatic nitrogens is 1. The monoisotopic (exact) mass is 241 g/mol. The highest BCUT2D eigenvalue weighted by atomic mass is 16.3. The van der Waals surface area contributed by atoms with Crippen LogP contribution in [0.3, 0.4) is 0 Å². The molecule has 18 heavy (non-hydrogen) atoms. The highest BCUT2D eigenvalue weighted by Gasteiger charge is 2.13. The molecule has 0 aliphatic rings. The highest BCUT2D eigenvalue weighted by molar-refractivity contribution is 5.61. The second kappa shape index (κ2) is 4.92. The van der Waals surface area contributed by atoms with E-state index in [0.29, 0.717) is 12.1 Å². The Morgan fingerprint density at radius 1 is 1.44 bits per heavy atom. The first kappa shape index (κ1) is 12.2. The minimum absolute atomic E-state index is 0.620. The Morgan fingerprint density at radius 2 is 2.22 bits per heavy atom. The van der Waals surface area contributed by atoms with Crippen molar-refractivity contribution >= 4 is 5.69 Å². The van der Waals surface area contributed by atoms with Crippen LogP contribution >= 0.6 is 0 Å². The summed E-state index contributed by atoms with van der Waals surface area (Å²) >= 11 is 0. The lowest BCUT2D eigenvalue weighted by Crippen LogP contribution is -2.18. The first-order chi connectivity index (χ1) is 8.61. The largest absolute Gasteiger partial charge is 0.467 e. The SMILES string of the molecule is Cc1cc(N(C)Cc2ccco2)c(C#N)c(C)n1. The summed E-state index contributed by atoms with van der Waals surface area (Å²) in [4.78, 5) is 6.31. The molecule has 92 valence electrons. The summed E-state index contributed by atoms with van der Waals surface area (Å²) in [5.41, 5.74) is 3.18. The van der Waals surface area contributed by atoms with Crippen LogP contribution in [0.2, 0.25) is 0 Å². The molecule has 0 bridgehead atoms. The number of pyridine rings is 1. The molecule has 0 aromatic carbocycles. The van der Waals surface area contributed by atoms with Crippen molar-refractivity contribution in [2.75, 3.05) is 11.9 Å². The lowest BCUT2D eigenvalue weighted by molar-refractivity contribution is 0.507. The van der Waals surface area contributed by atoms with Crippen LogP contribution in [-0.2, 0) is 6.54 Å². The van der Waals surface area contributed by atoms with Crippen molar-refractivity contribution in [2.24, 2.45) is 0 Å². The van der Waals surface area contributed by atoms with Crippen molar-refractivity contribution in [3.8, 4) is 6.07 Å². The number of anilines is 1. The Morgan fingerprint density at radius 3 is 2.83 bits per heavy atom. The molecule has 2 aromatic rings. The predicted octanol–water partition coefficient (Wildman–Crippen LogP) is 2.80. The maximum atomic E-state index is 9.23. The van der Waals surface area contributed by atoms with Gasteiger partial charge in [-0.3, -0.25) is 4.98 Å². The number of furan rings is 1. The van der Waals surface area contributed by atoms with Crippen molar-refractivity contribution in [3.63, 3.8) is 0 Å². The molecule has 4 nitrogen and oxygen atoms in total. The van der Waals surface area contributed by atoms with Crippen LogP contribution in [-0.4, -0.2) is 12.0 Å². The van der Waals surface area contributed by atoms with E-state index in [1.807, 2.05) is 44.0 Å². The van der Waals surface area contributed by atoms with Gasteiger partial charge in [0.1, 0.15) is 11.8 Å². The number of nitriles is 1. The van der Waals surface area contributed by atoms with E-state index in [0.717, 1.165) is 22.8 Å². The molecule has 0 aliphatic heterocycles. The van der Waals surface area contributed by atoms with Crippen LogP contribution in [0, 0.1) is 25.2 Å². The van der Waals surface area contributed by atoms with Gasteiger partial charge in [-0.2, -0.15) is 5.26 Å². The lowest BCUT2D eigenvalue weighted by atomic mass is 10.1. The molecule has 2 heterocycles. The maximum Gasteiger partial charge on any atom is 0.123 e. The van der Waals surface area contributed by atoms with Gasteiger partial charge in [-0.1, -0.05) is 0 Å². The Labute approximate surface area is 106 Å². The summed E-state index contributed by atoms with van der Waals surface area (Å²) in [6.07, 6.45) is 1.65. The van der Waals surface area contributed by atoms with E-state index in [2.05, 4.69) is 11.1 Å². The Balaban J connectivity index is 2.35. The number of rotatable bonds is 3. The van der Waals surface area contributed by atoms with Crippen LogP contribution < -0.4 is 4.90 Å². The molecule has 0 atom stereocenters. The molecule has 0 N–H and O–H groups in total. The van der Waals surface area contributed by atoms with E-state index in [1.165, 1.54) is 0 Å². The molecule has 4 heteroatoms. The van der Waals surface area contributed by atoms with Crippen LogP contribution in [0.5, 0.6) is 0 Å². The molecule has 0 amide bonds. The van der Waals surface area contributed by atoms with Gasteiger partial charge in [-0.15, -0.1) is 0 Å². The molecule has 0 saturated heterocycles. The molecule has 0 radical (unpaired) electrons. The zero-order chi connectivity index (χ0) is 13.1. The molecule has 0 fully saturated rings. The van der Waals surface area contributed by atoms with E-state index in [-0.39, 0.29) is 0 Å². The van der Waals surface area contributed by atoms with Crippen molar-refractivity contribution in [1.82, 2.24) is 4.98 Å². The zero-order valence-electron chi connectivity index (χ0n) is 10.8. The summed E-state index contributed by atoms with van der Waals surface area (Å²) in [5.74, 6) is 0.869. The van der Waals surface area contributed by atoms with Gasteiger partial charge in [0.15, 0.2) is 0 Å². The van der Waals surface area contributed by atoms with Gasteiger partial charge in [-0.25, -0.2) is 0 Å². The molecule has 0 unspecified atom stereocenters. The number of hydrogen-bond acceptors (Lipinski definition) is 4. The minimum Gasteiger partial charge on any atom is -0.467 e. The highest BCUT2D eigenvalue weighted by Crippen LogP contribution is 2.23. The summed E-state index contributed by atoms with van der Waals surface area (Å²) in [7, 11) is 1.94. The minimum atomic E-state index is 0.620. The Bertz CT molecular complexity index is 582. The van der Waals surface area contributed by atoms with Gasteiger partial charge < -0.3 is 9.32 Å². The van der Waals surface area contributed by atoms with E-state index in [9.17, 15) is 5.26 Å². The second-order valence-electron chi connectivity index (χ2n) is 4.29. The van der Waals surface area contributed by atoms with Crippen molar-refractivity contribution in [1.29, 1.82) is 5.26 Å². The van der Waals surface area contributed by atoms with E-state index in [4.69, 9.17) is 4.42 Å². The van der Waals surface area contributed by atoms with Gasteiger partial charge in [-0.05, 0) is 32.0 Å². The van der Waals surface area contributed by atoms with Crippen LogP contribution in [0.25, 0.3) is 0 Å². The first-order valence-corrected chi connectivity index (χ1v) is 5.73. The first-order valence-electron chi connectivity index (χ1n) is 5.73. The Kier molecular flexibility index (Phi) is 3.33. The van der Waals surface area contributed by atoms with Gasteiger partial charge in [0.2, 0.25) is 0 Å². The van der Waals surface area contributed by atoms with Gasteiger partial charge in [0.25, 0.3) is 0 Å². The summed E-state index contributed by atoms with van der Waals surface area (Å²) < 4.78 is 5.32. The fourth-order valence-corrected chi connectivity index (χ4v) is 1.97. The van der Waals surface area contributed by atoms with Crippen molar-refractivity contribution in [2.45, 2.75) is 20.4 Å². The van der Waals surface area contributed by atoms with Crippen molar-refractivity contribution < 1.29 is 4.42 Å². The standard InChI is InChI=1S/C14H15N3O/c1-10-7-14(13(8-15)11(2)16-10)17(3)9-12-5-4-6-18-12/h4-7H,9H2,1-3H3. The lowest BCUT2D eigenvalue weighted by Gasteiger charge is -2.20. The maximum absolute atomic E-state index is 9.23. The van der Waals surface area contributed by atoms with Crippen molar-refractivity contribution in [3.05, 3.63) is 47.2 Å². The predicted molar refractivity (Wildman–Crippen MR) is 69.2 cm³/mol. The summed E-state index contributed by atoms with van der Waals surface area (Å²) in [6.45, 7) is 4.42. The number of hydrogen-bond donors (Lipinski definition) is 0. The second-order valence-corrected chi connectivity index (χ2v) is 4.29. The van der Waals surface area contributed by atoms with E-state index < -0.39 is 0 Å². The fraction of sp³-hybridized carbons (Fsp3) is 0.286. The van der Waals surface area contributed by atoms with Gasteiger partial charge >= 0.3 is 0 Å². The van der Waals surface area contributed by atoms with E-state index in [1.54, 1.807) is 6.26 Å². The third-order valence-corrected chi connectivity index (χ3v) is 2.80. The molecular formula is C14H15N3O. The molecule has 2 rings (SSSR count). The van der Waals surface area contributed by atoms with Crippen LogP contribution in [0.15, 0.2) is 28.9 Å². The van der Waals surface area contributed by atoms with E-state index >= 15 is 0 Å². The normalized spacial score (nSPS) is 10.1. The van der Waals surface area contributed by atoms with Crippen LogP contribution in [0.1, 0.15) is 22.7 Å². The average Bonchev–Trinajstić information content (AvgIpc) is 2.80. The topological polar surface area (TPSA) is 53.1 Å². The molecule has 2 aromatic heterocycles. The molecule has 0 spiro atoms. The third kappa shape index (κ3) is 2.35. The third-order valence-electron chi connectivity index (χ3n) is 2.80. The molecular weight excluding hydrogens is 226 g/mol. The average molecular weight is 241 g/mol. The smallest absolute Gasteiger partial charge is 0.123 e. The van der Waals surface area contributed by atoms with Gasteiger partial charge in [0, 0.05) is 12.7 Å². The summed E-state index contributed by atoms with van der Waals surface area (Å²) in [6, 6.07) is 7.92. The fourth-order valence-electron chi connectivity index (χ4n) is 1.97. The molecule has 0 aliphatic carbocycles. The van der Waals surface area contributed by atoms with Crippen LogP contribution in [0.4, 0.5) is 5.69 Å². The zero-order valence-corrected chi connectivity index (χ0v) is 10.8. The Hall–Kier alpha value is -2.28.